The van der Waals surface area contributed by atoms with Crippen LogP contribution in [0.3, 0.4) is 0 Å². The Morgan fingerprint density at radius 2 is 2.25 bits per heavy atom. The maximum Gasteiger partial charge on any atom is 0.319 e. The van der Waals surface area contributed by atoms with Crippen molar-refractivity contribution >= 4 is 39.9 Å². The number of carbonyl (C=O) groups is 1. The highest BCUT2D eigenvalue weighted by Crippen LogP contribution is 2.34. The molecule has 20 heavy (non-hydrogen) atoms. The number of carbonyl (C=O) groups excluding carboxylic acids is 1. The van der Waals surface area contributed by atoms with Crippen LogP contribution in [0.4, 0.5) is 10.8 Å². The molecule has 2 aromatic rings. The smallest absolute Gasteiger partial charge is 0.319 e. The Balaban J connectivity index is 1.68. The summed E-state index contributed by atoms with van der Waals surface area (Å²) in [6, 6.07) is 8.00. The Morgan fingerprint density at radius 1 is 1.40 bits per heavy atom. The van der Waals surface area contributed by atoms with Crippen LogP contribution in [-0.2, 0) is 9.53 Å². The van der Waals surface area contributed by atoms with E-state index >= 15 is 0 Å². The third-order valence-corrected chi connectivity index (χ3v) is 5.09. The van der Waals surface area contributed by atoms with Crippen LogP contribution in [0, 0.1) is 6.92 Å². The van der Waals surface area contributed by atoms with Crippen molar-refractivity contribution in [2.75, 3.05) is 11.9 Å². The molecule has 1 aliphatic heterocycles. The highest BCUT2D eigenvalue weighted by molar-refractivity contribution is 8.02. The van der Waals surface area contributed by atoms with E-state index in [0.29, 0.717) is 6.61 Å². The molecular formula is C13H13N3O2S2. The summed E-state index contributed by atoms with van der Waals surface area (Å²) < 4.78 is 5.72. The average Bonchev–Trinajstić information content (AvgIpc) is 3.03. The van der Waals surface area contributed by atoms with Gasteiger partial charge < -0.3 is 10.1 Å². The summed E-state index contributed by atoms with van der Waals surface area (Å²) in [5.74, 6) is -0.154. The molecule has 1 fully saturated rings. The highest BCUT2D eigenvalue weighted by Gasteiger charge is 2.28. The number of anilines is 2. The van der Waals surface area contributed by atoms with Crippen LogP contribution in [0.25, 0.3) is 0 Å². The zero-order valence-corrected chi connectivity index (χ0v) is 12.5. The maximum atomic E-state index is 11.4. The van der Waals surface area contributed by atoms with Gasteiger partial charge in [-0.05, 0) is 18.6 Å². The molecule has 3 rings (SSSR count). The minimum Gasteiger partial charge on any atom is -0.465 e. The largest absolute Gasteiger partial charge is 0.465 e. The molecule has 0 saturated carbocycles. The molecule has 0 aliphatic carbocycles. The van der Waals surface area contributed by atoms with Crippen molar-refractivity contribution in [1.29, 1.82) is 0 Å². The number of ether oxygens (including phenoxy) is 1. The van der Waals surface area contributed by atoms with Crippen molar-refractivity contribution in [3.63, 3.8) is 0 Å². The van der Waals surface area contributed by atoms with Crippen molar-refractivity contribution in [1.82, 2.24) is 10.2 Å². The molecule has 0 radical (unpaired) electrons. The Labute approximate surface area is 124 Å². The van der Waals surface area contributed by atoms with Gasteiger partial charge in [-0.3, -0.25) is 4.79 Å². The van der Waals surface area contributed by atoms with Gasteiger partial charge in [0.25, 0.3) is 0 Å². The normalized spacial score (nSPS) is 18.1. The lowest BCUT2D eigenvalue weighted by Gasteiger charge is -2.04. The molecule has 104 valence electrons. The Bertz CT molecular complexity index is 630. The summed E-state index contributed by atoms with van der Waals surface area (Å²) in [4.78, 5) is 11.4. The average molecular weight is 307 g/mol. The molecule has 1 atom stereocenters. The van der Waals surface area contributed by atoms with Crippen LogP contribution in [0.2, 0.25) is 0 Å². The number of rotatable bonds is 4. The molecule has 2 heterocycles. The first-order chi connectivity index (χ1) is 9.72. The minimum atomic E-state index is -0.154. The molecule has 1 aromatic heterocycles. The van der Waals surface area contributed by atoms with Crippen LogP contribution in [-0.4, -0.2) is 28.0 Å². The molecule has 0 amide bonds. The fourth-order valence-electron chi connectivity index (χ4n) is 1.84. The van der Waals surface area contributed by atoms with Gasteiger partial charge in [0.1, 0.15) is 5.25 Å². The van der Waals surface area contributed by atoms with Gasteiger partial charge >= 0.3 is 5.97 Å². The first-order valence-electron chi connectivity index (χ1n) is 6.22. The lowest BCUT2D eigenvalue weighted by atomic mass is 10.2. The molecule has 1 N–H and O–H groups in total. The molecule has 1 aromatic carbocycles. The predicted octanol–water partition coefficient (Wildman–Crippen LogP) is 3.00. The van der Waals surface area contributed by atoms with Crippen LogP contribution in [0.15, 0.2) is 28.6 Å². The zero-order chi connectivity index (χ0) is 13.9. The summed E-state index contributed by atoms with van der Waals surface area (Å²) in [5.41, 5.74) is 2.16. The van der Waals surface area contributed by atoms with E-state index in [9.17, 15) is 4.79 Å². The van der Waals surface area contributed by atoms with Gasteiger partial charge in [-0.15, -0.1) is 10.2 Å². The second-order valence-corrected chi connectivity index (χ2v) is 6.80. The number of nitrogens with one attached hydrogen (secondary N) is 1. The molecule has 0 spiro atoms. The fraction of sp³-hybridized carbons (Fsp3) is 0.308. The van der Waals surface area contributed by atoms with Gasteiger partial charge in [0.05, 0.1) is 6.61 Å². The molecule has 1 aliphatic rings. The third kappa shape index (κ3) is 2.94. The van der Waals surface area contributed by atoms with Crippen molar-refractivity contribution in [3.8, 4) is 0 Å². The lowest BCUT2D eigenvalue weighted by Crippen LogP contribution is -2.08. The van der Waals surface area contributed by atoms with Crippen LogP contribution in [0.1, 0.15) is 12.0 Å². The second kappa shape index (κ2) is 5.80. The zero-order valence-electron chi connectivity index (χ0n) is 10.8. The van der Waals surface area contributed by atoms with Gasteiger partial charge in [0.2, 0.25) is 5.13 Å². The van der Waals surface area contributed by atoms with Crippen molar-refractivity contribution in [2.45, 2.75) is 22.9 Å². The van der Waals surface area contributed by atoms with E-state index in [1.807, 2.05) is 31.2 Å². The second-order valence-electron chi connectivity index (χ2n) is 4.38. The van der Waals surface area contributed by atoms with E-state index in [0.717, 1.165) is 27.1 Å². The Morgan fingerprint density at radius 3 is 3.00 bits per heavy atom. The SMILES string of the molecule is Cc1ccccc1Nc1nnc(S[C@@H]2CCOC2=O)s1. The van der Waals surface area contributed by atoms with Crippen molar-refractivity contribution < 1.29 is 9.53 Å². The van der Waals surface area contributed by atoms with E-state index in [1.165, 1.54) is 23.1 Å². The van der Waals surface area contributed by atoms with Crippen LogP contribution >= 0.6 is 23.1 Å². The van der Waals surface area contributed by atoms with E-state index in [2.05, 4.69) is 15.5 Å². The molecule has 0 bridgehead atoms. The summed E-state index contributed by atoms with van der Waals surface area (Å²) in [7, 11) is 0. The fourth-order valence-corrected chi connectivity index (χ4v) is 3.82. The topological polar surface area (TPSA) is 64.1 Å². The number of aryl methyl sites for hydroxylation is 1. The van der Waals surface area contributed by atoms with E-state index in [-0.39, 0.29) is 11.2 Å². The Hall–Kier alpha value is -1.60. The number of para-hydroxylation sites is 1. The first-order valence-corrected chi connectivity index (χ1v) is 7.91. The summed E-state index contributed by atoms with van der Waals surface area (Å²) >= 11 is 2.87. The van der Waals surface area contributed by atoms with E-state index < -0.39 is 0 Å². The number of cyclic esters (lactones) is 1. The van der Waals surface area contributed by atoms with E-state index in [4.69, 9.17) is 4.74 Å². The monoisotopic (exact) mass is 307 g/mol. The van der Waals surface area contributed by atoms with Gasteiger partial charge in [0, 0.05) is 12.1 Å². The number of nitrogens with zero attached hydrogens (tertiary/aromatic N) is 2. The van der Waals surface area contributed by atoms with Gasteiger partial charge in [-0.25, -0.2) is 0 Å². The summed E-state index contributed by atoms with van der Waals surface area (Å²) in [6.45, 7) is 2.54. The minimum absolute atomic E-state index is 0.144. The number of thioether (sulfide) groups is 1. The van der Waals surface area contributed by atoms with Gasteiger partial charge in [-0.1, -0.05) is 41.3 Å². The molecule has 5 nitrogen and oxygen atoms in total. The first kappa shape index (κ1) is 13.4. The number of hydrogen-bond acceptors (Lipinski definition) is 7. The molecule has 0 unspecified atom stereocenters. The van der Waals surface area contributed by atoms with Crippen LogP contribution < -0.4 is 5.32 Å². The number of hydrogen-bond donors (Lipinski definition) is 1. The van der Waals surface area contributed by atoms with Gasteiger partial charge in [-0.2, -0.15) is 0 Å². The molecule has 1 saturated heterocycles. The number of esters is 1. The lowest BCUT2D eigenvalue weighted by molar-refractivity contribution is -0.137. The van der Waals surface area contributed by atoms with Crippen molar-refractivity contribution in [2.24, 2.45) is 0 Å². The van der Waals surface area contributed by atoms with Crippen LogP contribution in [0.5, 0.6) is 0 Å². The Kier molecular flexibility index (Phi) is 3.88. The van der Waals surface area contributed by atoms with E-state index in [1.54, 1.807) is 0 Å². The van der Waals surface area contributed by atoms with Crippen molar-refractivity contribution in [3.05, 3.63) is 29.8 Å². The summed E-state index contributed by atoms with van der Waals surface area (Å²) in [5, 5.41) is 12.0. The predicted molar refractivity (Wildman–Crippen MR) is 79.6 cm³/mol. The van der Waals surface area contributed by atoms with Gasteiger partial charge in [0.15, 0.2) is 4.34 Å². The highest BCUT2D eigenvalue weighted by atomic mass is 32.2. The third-order valence-electron chi connectivity index (χ3n) is 2.92. The summed E-state index contributed by atoms with van der Waals surface area (Å²) in [6.07, 6.45) is 0.740. The quantitative estimate of drug-likeness (QED) is 0.876. The molecular weight excluding hydrogens is 294 g/mol. The number of aromatic nitrogens is 2. The molecule has 7 heteroatoms. The standard InChI is InChI=1S/C13H13N3O2S2/c1-8-4-2-3-5-9(8)14-12-15-16-13(20-12)19-10-6-7-18-11(10)17/h2-5,10H,6-7H2,1H3,(H,14,15)/t10-/m1/s1. The number of benzene rings is 1. The maximum absolute atomic E-state index is 11.4.